The molecule has 1 heterocycles. The molecule has 0 aliphatic carbocycles. The van der Waals surface area contributed by atoms with Crippen molar-refractivity contribution in [2.45, 2.75) is 37.0 Å². The van der Waals surface area contributed by atoms with E-state index in [9.17, 15) is 9.00 Å². The summed E-state index contributed by atoms with van der Waals surface area (Å²) in [5.41, 5.74) is 1.83. The number of benzene rings is 1. The van der Waals surface area contributed by atoms with E-state index in [0.29, 0.717) is 10.9 Å². The molecule has 116 valence electrons. The normalized spacial score (nSPS) is 13.6. The van der Waals surface area contributed by atoms with Gasteiger partial charge in [-0.3, -0.25) is 9.00 Å². The molecule has 2 unspecified atom stereocenters. The fourth-order valence-electron chi connectivity index (χ4n) is 2.09. The zero-order valence-electron chi connectivity index (χ0n) is 12.9. The second-order valence-electron chi connectivity index (χ2n) is 5.34. The van der Waals surface area contributed by atoms with Crippen molar-refractivity contribution in [2.24, 2.45) is 0 Å². The van der Waals surface area contributed by atoms with E-state index < -0.39 is 16.0 Å². The second-order valence-corrected chi connectivity index (χ2v) is 7.06. The molecule has 1 aromatic heterocycles. The predicted octanol–water partition coefficient (Wildman–Crippen LogP) is 3.34. The van der Waals surface area contributed by atoms with Gasteiger partial charge in [0.25, 0.3) is 0 Å². The summed E-state index contributed by atoms with van der Waals surface area (Å²) < 4.78 is 12.4. The molecule has 0 saturated carbocycles. The number of nitrogens with zero attached hydrogens (tertiary/aromatic N) is 1. The number of para-hydroxylation sites is 1. The van der Waals surface area contributed by atoms with Crippen LogP contribution >= 0.6 is 0 Å². The van der Waals surface area contributed by atoms with Crippen LogP contribution in [0.1, 0.15) is 32.3 Å². The Hall–Kier alpha value is -2.01. The van der Waals surface area contributed by atoms with Gasteiger partial charge in [-0.2, -0.15) is 0 Å². The third-order valence-corrected chi connectivity index (χ3v) is 4.88. The number of hydrogen-bond acceptors (Lipinski definition) is 3. The number of hydrogen-bond donors (Lipinski definition) is 1. The first-order chi connectivity index (χ1) is 10.5. The summed E-state index contributed by atoms with van der Waals surface area (Å²) >= 11 is 0. The van der Waals surface area contributed by atoms with E-state index in [1.165, 1.54) is 0 Å². The standard InChI is InChI=1S/C17H20N2O2S/c1-12(2)14-8-4-5-9-15(14)19-17(20)13(3)22(21)16-10-6-7-11-18-16/h4-13H,1-3H3,(H,19,20). The number of rotatable bonds is 5. The molecule has 1 amide bonds. The highest BCUT2D eigenvalue weighted by atomic mass is 32.2. The van der Waals surface area contributed by atoms with E-state index in [1.54, 1.807) is 31.3 Å². The van der Waals surface area contributed by atoms with Gasteiger partial charge in [-0.15, -0.1) is 0 Å². The fourth-order valence-corrected chi connectivity index (χ4v) is 3.09. The van der Waals surface area contributed by atoms with E-state index in [4.69, 9.17) is 0 Å². The van der Waals surface area contributed by atoms with Gasteiger partial charge in [-0.05, 0) is 36.6 Å². The van der Waals surface area contributed by atoms with E-state index in [-0.39, 0.29) is 5.91 Å². The van der Waals surface area contributed by atoms with Gasteiger partial charge in [0, 0.05) is 11.9 Å². The molecular weight excluding hydrogens is 296 g/mol. The number of carbonyl (C=O) groups excluding carboxylic acids is 1. The average molecular weight is 316 g/mol. The van der Waals surface area contributed by atoms with Crippen LogP contribution in [0.4, 0.5) is 5.69 Å². The number of aromatic nitrogens is 1. The minimum Gasteiger partial charge on any atom is -0.325 e. The van der Waals surface area contributed by atoms with Crippen molar-refractivity contribution in [1.82, 2.24) is 4.98 Å². The van der Waals surface area contributed by atoms with Crippen molar-refractivity contribution in [3.05, 3.63) is 54.2 Å². The van der Waals surface area contributed by atoms with Crippen molar-refractivity contribution in [3.8, 4) is 0 Å². The Morgan fingerprint density at radius 1 is 1.09 bits per heavy atom. The van der Waals surface area contributed by atoms with Crippen LogP contribution in [0.2, 0.25) is 0 Å². The van der Waals surface area contributed by atoms with Crippen LogP contribution in [0, 0.1) is 0 Å². The highest BCUT2D eigenvalue weighted by molar-refractivity contribution is 7.86. The van der Waals surface area contributed by atoms with Crippen molar-refractivity contribution in [1.29, 1.82) is 0 Å². The molecular formula is C17H20N2O2S. The third-order valence-electron chi connectivity index (χ3n) is 3.37. The first kappa shape index (κ1) is 16.4. The molecule has 0 aliphatic heterocycles. The van der Waals surface area contributed by atoms with Crippen LogP contribution < -0.4 is 5.32 Å². The van der Waals surface area contributed by atoms with Crippen molar-refractivity contribution < 1.29 is 9.00 Å². The Morgan fingerprint density at radius 3 is 2.41 bits per heavy atom. The van der Waals surface area contributed by atoms with Crippen LogP contribution in [0.15, 0.2) is 53.7 Å². The zero-order chi connectivity index (χ0) is 16.1. The van der Waals surface area contributed by atoms with Crippen LogP contribution in [0.5, 0.6) is 0 Å². The first-order valence-corrected chi connectivity index (χ1v) is 8.43. The Morgan fingerprint density at radius 2 is 1.77 bits per heavy atom. The Bertz CT molecular complexity index is 671. The topological polar surface area (TPSA) is 59.1 Å². The summed E-state index contributed by atoms with van der Waals surface area (Å²) in [5.74, 6) is 0.0326. The monoisotopic (exact) mass is 316 g/mol. The lowest BCUT2D eigenvalue weighted by Gasteiger charge is -2.16. The maximum atomic E-state index is 12.4. The minimum absolute atomic E-state index is 0.267. The lowest BCUT2D eigenvalue weighted by atomic mass is 10.0. The molecule has 0 spiro atoms. The maximum absolute atomic E-state index is 12.4. The van der Waals surface area contributed by atoms with Gasteiger partial charge in [0.2, 0.25) is 5.91 Å². The van der Waals surface area contributed by atoms with Crippen LogP contribution in [-0.2, 0) is 15.6 Å². The van der Waals surface area contributed by atoms with E-state index in [0.717, 1.165) is 11.3 Å². The summed E-state index contributed by atoms with van der Waals surface area (Å²) in [7, 11) is -1.47. The molecule has 1 aromatic carbocycles. The minimum atomic E-state index is -1.47. The largest absolute Gasteiger partial charge is 0.325 e. The Labute approximate surface area is 133 Å². The number of carbonyl (C=O) groups is 1. The summed E-state index contributed by atoms with van der Waals surface area (Å²) in [5, 5.41) is 2.63. The van der Waals surface area contributed by atoms with Gasteiger partial charge in [0.05, 0.1) is 10.8 Å². The van der Waals surface area contributed by atoms with E-state index in [1.807, 2.05) is 24.3 Å². The molecule has 2 atom stereocenters. The molecule has 5 heteroatoms. The average Bonchev–Trinajstić information content (AvgIpc) is 2.54. The van der Waals surface area contributed by atoms with E-state index >= 15 is 0 Å². The van der Waals surface area contributed by atoms with Gasteiger partial charge >= 0.3 is 0 Å². The molecule has 0 saturated heterocycles. The molecule has 0 bridgehead atoms. The van der Waals surface area contributed by atoms with Crippen LogP contribution in [0.3, 0.4) is 0 Å². The second kappa shape index (κ2) is 7.31. The van der Waals surface area contributed by atoms with Crippen molar-refractivity contribution >= 4 is 22.4 Å². The first-order valence-electron chi connectivity index (χ1n) is 7.22. The quantitative estimate of drug-likeness (QED) is 0.920. The molecule has 0 aliphatic rings. The van der Waals surface area contributed by atoms with Gasteiger partial charge < -0.3 is 5.32 Å². The maximum Gasteiger partial charge on any atom is 0.240 e. The number of amides is 1. The number of nitrogens with one attached hydrogen (secondary N) is 1. The van der Waals surface area contributed by atoms with Gasteiger partial charge in [-0.1, -0.05) is 38.1 Å². The number of anilines is 1. The molecule has 0 radical (unpaired) electrons. The molecule has 1 N–H and O–H groups in total. The Kier molecular flexibility index (Phi) is 5.44. The van der Waals surface area contributed by atoms with E-state index in [2.05, 4.69) is 24.1 Å². The molecule has 22 heavy (non-hydrogen) atoms. The lowest BCUT2D eigenvalue weighted by molar-refractivity contribution is -0.115. The molecule has 2 rings (SSSR count). The van der Waals surface area contributed by atoms with Gasteiger partial charge in [0.1, 0.15) is 10.3 Å². The summed E-state index contributed by atoms with van der Waals surface area (Å²) in [6, 6.07) is 12.9. The number of pyridine rings is 1. The summed E-state index contributed by atoms with van der Waals surface area (Å²) in [6.45, 7) is 5.79. The summed E-state index contributed by atoms with van der Waals surface area (Å²) in [4.78, 5) is 16.4. The highest BCUT2D eigenvalue weighted by Crippen LogP contribution is 2.24. The van der Waals surface area contributed by atoms with Crippen molar-refractivity contribution in [2.75, 3.05) is 5.32 Å². The fraction of sp³-hybridized carbons (Fsp3) is 0.294. The van der Waals surface area contributed by atoms with Crippen LogP contribution in [-0.4, -0.2) is 20.3 Å². The Balaban J connectivity index is 2.14. The third kappa shape index (κ3) is 3.80. The van der Waals surface area contributed by atoms with Crippen molar-refractivity contribution in [3.63, 3.8) is 0 Å². The molecule has 0 fully saturated rings. The van der Waals surface area contributed by atoms with Crippen LogP contribution in [0.25, 0.3) is 0 Å². The highest BCUT2D eigenvalue weighted by Gasteiger charge is 2.23. The van der Waals surface area contributed by atoms with Gasteiger partial charge in [-0.25, -0.2) is 4.98 Å². The van der Waals surface area contributed by atoms with Gasteiger partial charge in [0.15, 0.2) is 0 Å². The predicted molar refractivity (Wildman–Crippen MR) is 89.3 cm³/mol. The molecule has 4 nitrogen and oxygen atoms in total. The zero-order valence-corrected chi connectivity index (χ0v) is 13.8. The summed E-state index contributed by atoms with van der Waals surface area (Å²) in [6.07, 6.45) is 1.58. The SMILES string of the molecule is CC(C)c1ccccc1NC(=O)C(C)S(=O)c1ccccn1. The lowest BCUT2D eigenvalue weighted by Crippen LogP contribution is -2.29. The smallest absolute Gasteiger partial charge is 0.240 e. The molecule has 2 aromatic rings.